The topological polar surface area (TPSA) is 66.9 Å². The number of sulfonamides is 1. The van der Waals surface area contributed by atoms with Gasteiger partial charge in [-0.1, -0.05) is 49.4 Å². The SMILES string of the molecule is CCc1cccc(OCC(=O)N2CCN(S(=O)(=O)Cc3ccccc3)CC2)c1. The molecule has 1 aliphatic heterocycles. The summed E-state index contributed by atoms with van der Waals surface area (Å²) in [6.07, 6.45) is 0.907. The molecule has 28 heavy (non-hydrogen) atoms. The Morgan fingerprint density at radius 2 is 1.64 bits per heavy atom. The Morgan fingerprint density at radius 1 is 0.964 bits per heavy atom. The van der Waals surface area contributed by atoms with E-state index in [2.05, 4.69) is 6.92 Å². The van der Waals surface area contributed by atoms with Crippen LogP contribution in [0, 0.1) is 0 Å². The van der Waals surface area contributed by atoms with Crippen molar-refractivity contribution in [3.63, 3.8) is 0 Å². The third kappa shape index (κ3) is 5.33. The normalized spacial score (nSPS) is 15.4. The van der Waals surface area contributed by atoms with E-state index < -0.39 is 10.0 Å². The van der Waals surface area contributed by atoms with Crippen LogP contribution < -0.4 is 4.74 Å². The van der Waals surface area contributed by atoms with Gasteiger partial charge in [-0.25, -0.2) is 8.42 Å². The van der Waals surface area contributed by atoms with E-state index in [-0.39, 0.29) is 18.3 Å². The lowest BCUT2D eigenvalue weighted by molar-refractivity contribution is -0.134. The van der Waals surface area contributed by atoms with Crippen LogP contribution >= 0.6 is 0 Å². The number of hydrogen-bond donors (Lipinski definition) is 0. The maximum absolute atomic E-state index is 12.6. The third-order valence-corrected chi connectivity index (χ3v) is 6.70. The van der Waals surface area contributed by atoms with Crippen LogP contribution in [0.4, 0.5) is 0 Å². The van der Waals surface area contributed by atoms with Crippen LogP contribution in [-0.4, -0.2) is 56.3 Å². The number of aryl methyl sites for hydroxylation is 1. The van der Waals surface area contributed by atoms with Crippen LogP contribution in [0.25, 0.3) is 0 Å². The summed E-state index contributed by atoms with van der Waals surface area (Å²) in [6.45, 7) is 3.41. The number of benzene rings is 2. The summed E-state index contributed by atoms with van der Waals surface area (Å²) in [6, 6.07) is 16.8. The molecule has 0 aliphatic carbocycles. The van der Waals surface area contributed by atoms with Crippen LogP contribution in [0.15, 0.2) is 54.6 Å². The minimum atomic E-state index is -3.38. The Kier molecular flexibility index (Phi) is 6.70. The third-order valence-electron chi connectivity index (χ3n) is 4.85. The molecule has 0 radical (unpaired) electrons. The van der Waals surface area contributed by atoms with Gasteiger partial charge in [0.25, 0.3) is 5.91 Å². The highest BCUT2D eigenvalue weighted by Crippen LogP contribution is 2.16. The molecule has 150 valence electrons. The summed E-state index contributed by atoms with van der Waals surface area (Å²) < 4.78 is 32.3. The number of rotatable bonds is 7. The Morgan fingerprint density at radius 3 is 2.32 bits per heavy atom. The average Bonchev–Trinajstić information content (AvgIpc) is 2.72. The Balaban J connectivity index is 1.49. The summed E-state index contributed by atoms with van der Waals surface area (Å²) in [5.74, 6) is 0.539. The van der Waals surface area contributed by atoms with Gasteiger partial charge >= 0.3 is 0 Å². The molecule has 1 amide bonds. The molecule has 3 rings (SSSR count). The predicted molar refractivity (Wildman–Crippen MR) is 109 cm³/mol. The lowest BCUT2D eigenvalue weighted by Gasteiger charge is -2.34. The second-order valence-electron chi connectivity index (χ2n) is 6.81. The summed E-state index contributed by atoms with van der Waals surface area (Å²) in [5.41, 5.74) is 1.92. The van der Waals surface area contributed by atoms with E-state index in [0.29, 0.717) is 31.9 Å². The number of amides is 1. The minimum Gasteiger partial charge on any atom is -0.484 e. The fourth-order valence-electron chi connectivity index (χ4n) is 3.18. The van der Waals surface area contributed by atoms with Gasteiger partial charge in [0.15, 0.2) is 6.61 Å². The van der Waals surface area contributed by atoms with E-state index in [1.165, 1.54) is 4.31 Å². The van der Waals surface area contributed by atoms with Crippen molar-refractivity contribution in [2.75, 3.05) is 32.8 Å². The van der Waals surface area contributed by atoms with Crippen molar-refractivity contribution in [1.29, 1.82) is 0 Å². The average molecular weight is 403 g/mol. The van der Waals surface area contributed by atoms with Gasteiger partial charge in [0.1, 0.15) is 5.75 Å². The molecule has 2 aromatic carbocycles. The number of piperazine rings is 1. The van der Waals surface area contributed by atoms with E-state index in [4.69, 9.17) is 4.74 Å². The second-order valence-corrected chi connectivity index (χ2v) is 8.78. The first-order chi connectivity index (χ1) is 13.5. The molecule has 6 nitrogen and oxygen atoms in total. The van der Waals surface area contributed by atoms with Crippen molar-refractivity contribution in [2.24, 2.45) is 0 Å². The highest BCUT2D eigenvalue weighted by atomic mass is 32.2. The molecule has 1 fully saturated rings. The molecule has 1 saturated heterocycles. The van der Waals surface area contributed by atoms with E-state index in [9.17, 15) is 13.2 Å². The van der Waals surface area contributed by atoms with Gasteiger partial charge in [0, 0.05) is 26.2 Å². The van der Waals surface area contributed by atoms with E-state index >= 15 is 0 Å². The maximum atomic E-state index is 12.6. The highest BCUT2D eigenvalue weighted by molar-refractivity contribution is 7.88. The minimum absolute atomic E-state index is 0.0152. The van der Waals surface area contributed by atoms with Crippen molar-refractivity contribution < 1.29 is 17.9 Å². The Hall–Kier alpha value is -2.38. The molecular formula is C21H26N2O4S. The fourth-order valence-corrected chi connectivity index (χ4v) is 4.70. The van der Waals surface area contributed by atoms with Crippen molar-refractivity contribution in [2.45, 2.75) is 19.1 Å². The van der Waals surface area contributed by atoms with Gasteiger partial charge in [-0.05, 0) is 29.7 Å². The van der Waals surface area contributed by atoms with Gasteiger partial charge in [-0.3, -0.25) is 4.79 Å². The molecule has 0 spiro atoms. The van der Waals surface area contributed by atoms with E-state index in [1.54, 1.807) is 4.90 Å². The lowest BCUT2D eigenvalue weighted by atomic mass is 10.2. The standard InChI is InChI=1S/C21H26N2O4S/c1-2-18-9-6-10-20(15-18)27-16-21(24)22-11-13-23(14-12-22)28(25,26)17-19-7-4-3-5-8-19/h3-10,15H,2,11-14,16-17H2,1H3. The Bertz CT molecular complexity index is 892. The lowest BCUT2D eigenvalue weighted by Crippen LogP contribution is -2.51. The quantitative estimate of drug-likeness (QED) is 0.713. The first-order valence-corrected chi connectivity index (χ1v) is 11.1. The molecule has 0 bridgehead atoms. The number of carbonyl (C=O) groups excluding carboxylic acids is 1. The molecule has 0 unspecified atom stereocenters. The van der Waals surface area contributed by atoms with Gasteiger partial charge in [-0.15, -0.1) is 0 Å². The summed E-state index contributed by atoms with van der Waals surface area (Å²) >= 11 is 0. The van der Waals surface area contributed by atoms with Crippen LogP contribution in [0.1, 0.15) is 18.1 Å². The summed E-state index contributed by atoms with van der Waals surface area (Å²) in [7, 11) is -3.38. The zero-order valence-electron chi connectivity index (χ0n) is 16.1. The van der Waals surface area contributed by atoms with Crippen molar-refractivity contribution in [3.05, 3.63) is 65.7 Å². The first-order valence-electron chi connectivity index (χ1n) is 9.49. The van der Waals surface area contributed by atoms with Crippen molar-refractivity contribution in [3.8, 4) is 5.75 Å². The molecular weight excluding hydrogens is 376 g/mol. The zero-order valence-corrected chi connectivity index (χ0v) is 16.9. The van der Waals surface area contributed by atoms with Crippen molar-refractivity contribution in [1.82, 2.24) is 9.21 Å². The van der Waals surface area contributed by atoms with Crippen molar-refractivity contribution >= 4 is 15.9 Å². The number of nitrogens with zero attached hydrogens (tertiary/aromatic N) is 2. The molecule has 0 N–H and O–H groups in total. The van der Waals surface area contributed by atoms with Crippen LogP contribution in [-0.2, 0) is 27.0 Å². The molecule has 0 aromatic heterocycles. The van der Waals surface area contributed by atoms with Gasteiger partial charge in [-0.2, -0.15) is 4.31 Å². The maximum Gasteiger partial charge on any atom is 0.260 e. The van der Waals surface area contributed by atoms with Crippen LogP contribution in [0.5, 0.6) is 5.75 Å². The molecule has 1 heterocycles. The summed E-state index contributed by atoms with van der Waals surface area (Å²) in [5, 5.41) is 0. The summed E-state index contributed by atoms with van der Waals surface area (Å²) in [4.78, 5) is 14.1. The smallest absolute Gasteiger partial charge is 0.260 e. The Labute approximate surface area is 166 Å². The second kappa shape index (κ2) is 9.21. The number of hydrogen-bond acceptors (Lipinski definition) is 4. The molecule has 0 saturated carbocycles. The largest absolute Gasteiger partial charge is 0.484 e. The van der Waals surface area contributed by atoms with Crippen LogP contribution in [0.2, 0.25) is 0 Å². The number of ether oxygens (including phenoxy) is 1. The van der Waals surface area contributed by atoms with Crippen LogP contribution in [0.3, 0.4) is 0 Å². The van der Waals surface area contributed by atoms with Gasteiger partial charge < -0.3 is 9.64 Å². The molecule has 1 aliphatic rings. The molecule has 0 atom stereocenters. The van der Waals surface area contributed by atoms with Gasteiger partial charge in [0.05, 0.1) is 5.75 Å². The zero-order chi connectivity index (χ0) is 20.0. The highest BCUT2D eigenvalue weighted by Gasteiger charge is 2.29. The molecule has 2 aromatic rings. The first kappa shape index (κ1) is 20.4. The van der Waals surface area contributed by atoms with Gasteiger partial charge in [0.2, 0.25) is 10.0 Å². The number of carbonyl (C=O) groups is 1. The molecule has 7 heteroatoms. The monoisotopic (exact) mass is 402 g/mol. The van der Waals surface area contributed by atoms with E-state index in [0.717, 1.165) is 17.5 Å². The predicted octanol–water partition coefficient (Wildman–Crippen LogP) is 2.30. The van der Waals surface area contributed by atoms with E-state index in [1.807, 2.05) is 54.6 Å². The fraction of sp³-hybridized carbons (Fsp3) is 0.381.